The van der Waals surface area contributed by atoms with Crippen LogP contribution in [0.2, 0.25) is 0 Å². The van der Waals surface area contributed by atoms with Crippen LogP contribution in [0.5, 0.6) is 0 Å². The molecule has 0 saturated heterocycles. The van der Waals surface area contributed by atoms with Crippen molar-refractivity contribution < 1.29 is 4.42 Å². The Morgan fingerprint density at radius 1 is 1.06 bits per heavy atom. The molecular weight excluding hydrogens is 276 g/mol. The Labute approximate surface area is 111 Å². The third kappa shape index (κ3) is 2.81. The van der Waals surface area contributed by atoms with Crippen molar-refractivity contribution >= 4 is 15.9 Å². The summed E-state index contributed by atoms with van der Waals surface area (Å²) in [4.78, 5) is 0.250. The van der Waals surface area contributed by atoms with E-state index in [1.54, 1.807) is 6.26 Å². The molecule has 1 heterocycles. The highest BCUT2D eigenvalue weighted by Gasteiger charge is 2.14. The van der Waals surface area contributed by atoms with E-state index in [2.05, 4.69) is 54.9 Å². The Balaban J connectivity index is 2.16. The molecule has 90 valence electrons. The van der Waals surface area contributed by atoms with E-state index in [0.29, 0.717) is 0 Å². The number of halogens is 1. The molecule has 17 heavy (non-hydrogen) atoms. The minimum atomic E-state index is 0.250. The lowest BCUT2D eigenvalue weighted by atomic mass is 10.0. The van der Waals surface area contributed by atoms with Crippen LogP contribution in [0.1, 0.15) is 32.8 Å². The quantitative estimate of drug-likeness (QED) is 0.735. The van der Waals surface area contributed by atoms with Gasteiger partial charge in [0.15, 0.2) is 0 Å². The fourth-order valence-corrected chi connectivity index (χ4v) is 2.78. The number of hydrogen-bond donors (Lipinski definition) is 0. The van der Waals surface area contributed by atoms with E-state index in [1.807, 2.05) is 6.07 Å². The van der Waals surface area contributed by atoms with Gasteiger partial charge in [0, 0.05) is 0 Å². The lowest BCUT2D eigenvalue weighted by Crippen LogP contribution is -1.96. The third-order valence-electron chi connectivity index (χ3n) is 3.17. The molecule has 1 atom stereocenters. The second-order valence-corrected chi connectivity index (χ2v) is 5.66. The van der Waals surface area contributed by atoms with E-state index >= 15 is 0 Å². The van der Waals surface area contributed by atoms with Crippen molar-refractivity contribution in [2.24, 2.45) is 0 Å². The lowest BCUT2D eigenvalue weighted by Gasteiger charge is -2.10. The van der Waals surface area contributed by atoms with Gasteiger partial charge < -0.3 is 4.42 Å². The molecule has 2 aromatic rings. The molecule has 1 aromatic carbocycles. The molecule has 0 aliphatic heterocycles. The number of benzene rings is 1. The molecule has 1 unspecified atom stereocenters. The summed E-state index contributed by atoms with van der Waals surface area (Å²) in [5, 5.41) is 0. The van der Waals surface area contributed by atoms with E-state index in [-0.39, 0.29) is 4.83 Å². The Kier molecular flexibility index (Phi) is 3.72. The Bertz CT molecular complexity index is 513. The smallest absolute Gasteiger partial charge is 0.120 e. The maximum absolute atomic E-state index is 5.51. The normalized spacial score (nSPS) is 12.7. The third-order valence-corrected chi connectivity index (χ3v) is 3.91. The van der Waals surface area contributed by atoms with Gasteiger partial charge >= 0.3 is 0 Å². The number of alkyl halides is 1. The fraction of sp³-hybridized carbons (Fsp3) is 0.333. The first-order chi connectivity index (χ1) is 8.08. The van der Waals surface area contributed by atoms with Crippen LogP contribution in [0.25, 0.3) is 0 Å². The maximum Gasteiger partial charge on any atom is 0.120 e. The van der Waals surface area contributed by atoms with Gasteiger partial charge in [0.2, 0.25) is 0 Å². The summed E-state index contributed by atoms with van der Waals surface area (Å²) in [6.07, 6.45) is 2.70. The summed E-state index contributed by atoms with van der Waals surface area (Å²) < 4.78 is 5.51. The van der Waals surface area contributed by atoms with Crippen LogP contribution in [0.4, 0.5) is 0 Å². The van der Waals surface area contributed by atoms with Gasteiger partial charge in [-0.3, -0.25) is 0 Å². The fourth-order valence-electron chi connectivity index (χ4n) is 1.94. The molecule has 0 radical (unpaired) electrons. The van der Waals surface area contributed by atoms with Crippen molar-refractivity contribution in [2.75, 3.05) is 0 Å². The minimum absolute atomic E-state index is 0.250. The highest BCUT2D eigenvalue weighted by molar-refractivity contribution is 9.09. The predicted octanol–water partition coefficient (Wildman–Crippen LogP) is 4.88. The summed E-state index contributed by atoms with van der Waals surface area (Å²) in [6.45, 7) is 6.37. The molecule has 1 aromatic heterocycles. The maximum atomic E-state index is 5.51. The predicted molar refractivity (Wildman–Crippen MR) is 74.7 cm³/mol. The van der Waals surface area contributed by atoms with Crippen LogP contribution in [-0.2, 0) is 6.42 Å². The van der Waals surface area contributed by atoms with Gasteiger partial charge in [-0.2, -0.15) is 0 Å². The Morgan fingerprint density at radius 2 is 1.82 bits per heavy atom. The Morgan fingerprint density at radius 3 is 2.41 bits per heavy atom. The molecule has 0 fully saturated rings. The molecule has 1 nitrogen and oxygen atoms in total. The summed E-state index contributed by atoms with van der Waals surface area (Å²) in [5.74, 6) is 1.03. The van der Waals surface area contributed by atoms with Crippen molar-refractivity contribution in [3.05, 3.63) is 58.5 Å². The van der Waals surface area contributed by atoms with E-state index < -0.39 is 0 Å². The topological polar surface area (TPSA) is 13.1 Å². The molecule has 0 aliphatic carbocycles. The van der Waals surface area contributed by atoms with Crippen molar-refractivity contribution in [3.8, 4) is 0 Å². The monoisotopic (exact) mass is 292 g/mol. The van der Waals surface area contributed by atoms with Gasteiger partial charge in [-0.1, -0.05) is 34.1 Å². The second kappa shape index (κ2) is 5.09. The number of rotatable bonds is 3. The summed E-state index contributed by atoms with van der Waals surface area (Å²) in [7, 11) is 0. The van der Waals surface area contributed by atoms with Gasteiger partial charge in [0.25, 0.3) is 0 Å². The zero-order chi connectivity index (χ0) is 12.4. The van der Waals surface area contributed by atoms with Gasteiger partial charge in [0.05, 0.1) is 11.1 Å². The van der Waals surface area contributed by atoms with Gasteiger partial charge in [-0.15, -0.1) is 0 Å². The van der Waals surface area contributed by atoms with Gasteiger partial charge in [0.1, 0.15) is 5.76 Å². The molecule has 2 rings (SSSR count). The van der Waals surface area contributed by atoms with E-state index in [0.717, 1.165) is 12.2 Å². The average Bonchev–Trinajstić information content (AvgIpc) is 2.70. The van der Waals surface area contributed by atoms with Crippen molar-refractivity contribution in [3.63, 3.8) is 0 Å². The van der Waals surface area contributed by atoms with Crippen LogP contribution < -0.4 is 0 Å². The first-order valence-corrected chi connectivity index (χ1v) is 6.73. The highest BCUT2D eigenvalue weighted by atomic mass is 79.9. The zero-order valence-corrected chi connectivity index (χ0v) is 12.0. The second-order valence-electron chi connectivity index (χ2n) is 4.56. The number of hydrogen-bond acceptors (Lipinski definition) is 1. The van der Waals surface area contributed by atoms with E-state index in [1.165, 1.54) is 22.3 Å². The zero-order valence-electron chi connectivity index (χ0n) is 10.5. The first-order valence-electron chi connectivity index (χ1n) is 5.82. The van der Waals surface area contributed by atoms with Gasteiger partial charge in [-0.05, 0) is 55.5 Å². The summed E-state index contributed by atoms with van der Waals surface area (Å²) >= 11 is 3.70. The van der Waals surface area contributed by atoms with E-state index in [9.17, 15) is 0 Å². The number of aryl methyl sites for hydroxylation is 3. The van der Waals surface area contributed by atoms with Gasteiger partial charge in [-0.25, -0.2) is 0 Å². The molecular formula is C15H17BrO. The number of furan rings is 1. The van der Waals surface area contributed by atoms with Crippen LogP contribution in [0.15, 0.2) is 34.9 Å². The molecule has 2 heteroatoms. The summed E-state index contributed by atoms with van der Waals surface area (Å²) in [6, 6.07) is 8.63. The largest absolute Gasteiger partial charge is 0.468 e. The van der Waals surface area contributed by atoms with Crippen LogP contribution in [0, 0.1) is 20.8 Å². The summed E-state index contributed by atoms with van der Waals surface area (Å²) in [5.41, 5.74) is 5.23. The SMILES string of the molecule is Cc1ccc(CC(Br)c2occc2C)cc1C. The lowest BCUT2D eigenvalue weighted by molar-refractivity contribution is 0.504. The average molecular weight is 293 g/mol. The molecule has 0 amide bonds. The molecule has 0 N–H and O–H groups in total. The first kappa shape index (κ1) is 12.4. The van der Waals surface area contributed by atoms with Crippen LogP contribution in [0.3, 0.4) is 0 Å². The molecule has 0 bridgehead atoms. The van der Waals surface area contributed by atoms with Crippen molar-refractivity contribution in [1.82, 2.24) is 0 Å². The standard InChI is InChI=1S/C15H17BrO/c1-10-4-5-13(8-12(10)3)9-14(16)15-11(2)6-7-17-15/h4-8,14H,9H2,1-3H3. The van der Waals surface area contributed by atoms with Crippen LogP contribution >= 0.6 is 15.9 Å². The minimum Gasteiger partial charge on any atom is -0.468 e. The highest BCUT2D eigenvalue weighted by Crippen LogP contribution is 2.30. The molecule has 0 saturated carbocycles. The molecule has 0 aliphatic rings. The van der Waals surface area contributed by atoms with Crippen molar-refractivity contribution in [2.45, 2.75) is 32.0 Å². The Hall–Kier alpha value is -1.02. The van der Waals surface area contributed by atoms with E-state index in [4.69, 9.17) is 4.42 Å². The molecule has 0 spiro atoms. The van der Waals surface area contributed by atoms with Crippen molar-refractivity contribution in [1.29, 1.82) is 0 Å². The van der Waals surface area contributed by atoms with Crippen LogP contribution in [-0.4, -0.2) is 0 Å².